The molecule has 1 saturated heterocycles. The summed E-state index contributed by atoms with van der Waals surface area (Å²) in [5, 5.41) is 2.99. The number of benzene rings is 1. The second-order valence-corrected chi connectivity index (χ2v) is 7.12. The van der Waals surface area contributed by atoms with E-state index in [4.69, 9.17) is 4.74 Å². The van der Waals surface area contributed by atoms with Gasteiger partial charge >= 0.3 is 0 Å². The lowest BCUT2D eigenvalue weighted by atomic mass is 10.0. The highest BCUT2D eigenvalue weighted by Gasteiger charge is 2.50. The van der Waals surface area contributed by atoms with Crippen LogP contribution in [0.25, 0.3) is 0 Å². The molecule has 2 fully saturated rings. The molecule has 0 spiro atoms. The maximum atomic E-state index is 12.7. The molecule has 0 bridgehead atoms. The molecule has 1 aromatic carbocycles. The summed E-state index contributed by atoms with van der Waals surface area (Å²) in [6.45, 7) is 8.48. The maximum Gasteiger partial charge on any atom is 0.254 e. The molecule has 23 heavy (non-hydrogen) atoms. The van der Waals surface area contributed by atoms with Crippen molar-refractivity contribution in [2.75, 3.05) is 31.6 Å². The Morgan fingerprint density at radius 3 is 2.52 bits per heavy atom. The number of carbonyl (C=O) groups excluding carboxylic acids is 2. The van der Waals surface area contributed by atoms with E-state index in [1.54, 1.807) is 4.90 Å². The van der Waals surface area contributed by atoms with Gasteiger partial charge in [0.15, 0.2) is 0 Å². The highest BCUT2D eigenvalue weighted by atomic mass is 16.5. The first kappa shape index (κ1) is 16.0. The zero-order chi connectivity index (χ0) is 16.6. The summed E-state index contributed by atoms with van der Waals surface area (Å²) in [5.41, 5.74) is 2.31. The quantitative estimate of drug-likeness (QED) is 0.932. The van der Waals surface area contributed by atoms with Crippen molar-refractivity contribution in [1.82, 2.24) is 4.90 Å². The van der Waals surface area contributed by atoms with Crippen molar-refractivity contribution < 1.29 is 14.3 Å². The first-order chi connectivity index (χ1) is 10.9. The van der Waals surface area contributed by atoms with E-state index in [-0.39, 0.29) is 23.1 Å². The number of carbonyl (C=O) groups is 2. The molecule has 0 aromatic heterocycles. The standard InChI is InChI=1S/C18H24N2O3/c1-12-13(17(22)20-7-9-23-10-8-20)5-4-6-15(12)19-16(21)14-11-18(14,2)3/h4-6,14H,7-11H2,1-3H3,(H,19,21)/t14-/m1/s1. The smallest absolute Gasteiger partial charge is 0.254 e. The molecule has 1 aliphatic heterocycles. The summed E-state index contributed by atoms with van der Waals surface area (Å²) in [6, 6.07) is 5.51. The van der Waals surface area contributed by atoms with Gasteiger partial charge in [0.1, 0.15) is 0 Å². The Hall–Kier alpha value is -1.88. The fraction of sp³-hybridized carbons (Fsp3) is 0.556. The third kappa shape index (κ3) is 3.24. The maximum absolute atomic E-state index is 12.7. The van der Waals surface area contributed by atoms with Crippen LogP contribution in [0.4, 0.5) is 5.69 Å². The van der Waals surface area contributed by atoms with Crippen LogP contribution in [-0.2, 0) is 9.53 Å². The first-order valence-electron chi connectivity index (χ1n) is 8.17. The summed E-state index contributed by atoms with van der Waals surface area (Å²) < 4.78 is 5.29. The Bertz CT molecular complexity index is 633. The number of hydrogen-bond donors (Lipinski definition) is 1. The number of morpholine rings is 1. The fourth-order valence-electron chi connectivity index (χ4n) is 3.07. The predicted molar refractivity (Wildman–Crippen MR) is 88.4 cm³/mol. The summed E-state index contributed by atoms with van der Waals surface area (Å²) in [7, 11) is 0. The molecule has 3 rings (SSSR count). The van der Waals surface area contributed by atoms with Gasteiger partial charge in [0.2, 0.25) is 5.91 Å². The van der Waals surface area contributed by atoms with E-state index in [9.17, 15) is 9.59 Å². The van der Waals surface area contributed by atoms with Crippen LogP contribution in [0.15, 0.2) is 18.2 Å². The summed E-state index contributed by atoms with van der Waals surface area (Å²) in [4.78, 5) is 26.8. The fourth-order valence-corrected chi connectivity index (χ4v) is 3.07. The molecule has 1 N–H and O–H groups in total. The number of ether oxygens (including phenoxy) is 1. The second-order valence-electron chi connectivity index (χ2n) is 7.12. The average molecular weight is 316 g/mol. The monoisotopic (exact) mass is 316 g/mol. The van der Waals surface area contributed by atoms with Gasteiger partial charge in [-0.2, -0.15) is 0 Å². The van der Waals surface area contributed by atoms with E-state index >= 15 is 0 Å². The van der Waals surface area contributed by atoms with E-state index in [2.05, 4.69) is 19.2 Å². The SMILES string of the molecule is Cc1c(NC(=O)[C@H]2CC2(C)C)cccc1C(=O)N1CCOCC1. The van der Waals surface area contributed by atoms with Crippen molar-refractivity contribution in [2.24, 2.45) is 11.3 Å². The lowest BCUT2D eigenvalue weighted by Gasteiger charge is -2.27. The Morgan fingerprint density at radius 2 is 1.91 bits per heavy atom. The van der Waals surface area contributed by atoms with Crippen LogP contribution in [-0.4, -0.2) is 43.0 Å². The minimum absolute atomic E-state index is 0.00801. The van der Waals surface area contributed by atoms with Crippen LogP contribution in [0.3, 0.4) is 0 Å². The van der Waals surface area contributed by atoms with Crippen molar-refractivity contribution in [1.29, 1.82) is 0 Å². The van der Waals surface area contributed by atoms with Gasteiger partial charge < -0.3 is 15.0 Å². The molecular weight excluding hydrogens is 292 g/mol. The van der Waals surface area contributed by atoms with E-state index in [0.29, 0.717) is 31.9 Å². The van der Waals surface area contributed by atoms with Crippen molar-refractivity contribution in [3.8, 4) is 0 Å². The van der Waals surface area contributed by atoms with Gasteiger partial charge in [-0.25, -0.2) is 0 Å². The lowest BCUT2D eigenvalue weighted by Crippen LogP contribution is -2.41. The number of amides is 2. The number of anilines is 1. The molecule has 124 valence electrons. The first-order valence-corrected chi connectivity index (χ1v) is 8.17. The zero-order valence-electron chi connectivity index (χ0n) is 14.0. The molecule has 2 amide bonds. The minimum Gasteiger partial charge on any atom is -0.378 e. The second kappa shape index (κ2) is 5.96. The molecule has 0 unspecified atom stereocenters. The van der Waals surface area contributed by atoms with Gasteiger partial charge in [0, 0.05) is 30.3 Å². The molecule has 0 radical (unpaired) electrons. The predicted octanol–water partition coefficient (Wildman–Crippen LogP) is 2.45. The normalized spacial score (nSPS) is 22.6. The Kier molecular flexibility index (Phi) is 4.15. The van der Waals surface area contributed by atoms with E-state index in [1.165, 1.54) is 0 Å². The van der Waals surface area contributed by atoms with Crippen LogP contribution in [0, 0.1) is 18.3 Å². The number of rotatable bonds is 3. The van der Waals surface area contributed by atoms with Gasteiger partial charge in [-0.3, -0.25) is 9.59 Å². The molecule has 1 saturated carbocycles. The van der Waals surface area contributed by atoms with Crippen molar-refractivity contribution in [2.45, 2.75) is 27.2 Å². The Balaban J connectivity index is 1.75. The van der Waals surface area contributed by atoms with Crippen LogP contribution in [0.1, 0.15) is 36.2 Å². The topological polar surface area (TPSA) is 58.6 Å². The van der Waals surface area contributed by atoms with Crippen molar-refractivity contribution in [3.05, 3.63) is 29.3 Å². The third-order valence-corrected chi connectivity index (χ3v) is 4.95. The molecule has 1 aromatic rings. The van der Waals surface area contributed by atoms with E-state index in [0.717, 1.165) is 17.7 Å². The zero-order valence-corrected chi connectivity index (χ0v) is 14.0. The van der Waals surface area contributed by atoms with Gasteiger partial charge in [-0.05, 0) is 36.5 Å². The molecule has 1 aliphatic carbocycles. The molecule has 1 atom stereocenters. The van der Waals surface area contributed by atoms with Gasteiger partial charge in [-0.15, -0.1) is 0 Å². The van der Waals surface area contributed by atoms with E-state index in [1.807, 2.05) is 25.1 Å². The van der Waals surface area contributed by atoms with Crippen molar-refractivity contribution in [3.63, 3.8) is 0 Å². The summed E-state index contributed by atoms with van der Waals surface area (Å²) in [6.07, 6.45) is 0.921. The number of hydrogen-bond acceptors (Lipinski definition) is 3. The molecular formula is C18H24N2O3. The van der Waals surface area contributed by atoms with Crippen LogP contribution in [0.2, 0.25) is 0 Å². The molecule has 5 heteroatoms. The molecule has 1 heterocycles. The summed E-state index contributed by atoms with van der Waals surface area (Å²) >= 11 is 0. The van der Waals surface area contributed by atoms with E-state index < -0.39 is 0 Å². The van der Waals surface area contributed by atoms with Crippen LogP contribution in [0.5, 0.6) is 0 Å². The molecule has 5 nitrogen and oxygen atoms in total. The largest absolute Gasteiger partial charge is 0.378 e. The van der Waals surface area contributed by atoms with Gasteiger partial charge in [0.05, 0.1) is 13.2 Å². The number of nitrogens with one attached hydrogen (secondary N) is 1. The Labute approximate surface area is 137 Å². The van der Waals surface area contributed by atoms with Crippen LogP contribution < -0.4 is 5.32 Å². The van der Waals surface area contributed by atoms with Gasteiger partial charge in [-0.1, -0.05) is 19.9 Å². The highest BCUT2D eigenvalue weighted by Crippen LogP contribution is 2.52. The summed E-state index contributed by atoms with van der Waals surface area (Å²) in [5.74, 6) is 0.128. The minimum atomic E-state index is 0.00801. The van der Waals surface area contributed by atoms with Crippen molar-refractivity contribution >= 4 is 17.5 Å². The van der Waals surface area contributed by atoms with Crippen LogP contribution >= 0.6 is 0 Å². The lowest BCUT2D eigenvalue weighted by molar-refractivity contribution is -0.118. The third-order valence-electron chi connectivity index (χ3n) is 4.95. The Morgan fingerprint density at radius 1 is 1.26 bits per heavy atom. The highest BCUT2D eigenvalue weighted by molar-refractivity contribution is 6.00. The average Bonchev–Trinajstić information content (AvgIpc) is 3.18. The van der Waals surface area contributed by atoms with Gasteiger partial charge in [0.25, 0.3) is 5.91 Å². The number of nitrogens with zero attached hydrogens (tertiary/aromatic N) is 1. The molecule has 2 aliphatic rings.